The van der Waals surface area contributed by atoms with Crippen molar-refractivity contribution in [2.45, 2.75) is 0 Å². The predicted molar refractivity (Wildman–Crippen MR) is 214 cm³/mol. The molecule has 0 N–H and O–H groups in total. The Balaban J connectivity index is 1.22. The van der Waals surface area contributed by atoms with Crippen LogP contribution in [0.15, 0.2) is 176 Å². The van der Waals surface area contributed by atoms with Gasteiger partial charge in [0.1, 0.15) is 0 Å². The van der Waals surface area contributed by atoms with Gasteiger partial charge in [0, 0.05) is 0 Å². The Bertz CT molecular complexity index is 2880. The summed E-state index contributed by atoms with van der Waals surface area (Å²) < 4.78 is 2.85. The van der Waals surface area contributed by atoms with Crippen molar-refractivity contribution < 1.29 is 0 Å². The van der Waals surface area contributed by atoms with Crippen molar-refractivity contribution in [3.63, 3.8) is 0 Å². The van der Waals surface area contributed by atoms with Gasteiger partial charge in [0.25, 0.3) is 0 Å². The van der Waals surface area contributed by atoms with E-state index in [0.717, 1.165) is 22.3 Å². The molecule has 0 amide bonds. The molecule has 10 aromatic rings. The molecule has 2 aromatic heterocycles. The number of fused-ring (bicyclic) bond motifs is 7. The molecular weight excluding hydrogens is 685 g/mol. The topological polar surface area (TPSA) is 38.7 Å². The van der Waals surface area contributed by atoms with Crippen LogP contribution in [0, 0.1) is 0 Å². The molecule has 10 rings (SSSR count). The molecule has 0 atom stereocenters. The molecule has 4 heteroatoms. The van der Waals surface area contributed by atoms with E-state index in [1.807, 2.05) is 24.3 Å². The van der Waals surface area contributed by atoms with E-state index in [1.54, 1.807) is 0 Å². The molecule has 2 heterocycles. The third-order valence-corrected chi connectivity index (χ3v) is 12.4. The zero-order chi connectivity index (χ0) is 33.7. The van der Waals surface area contributed by atoms with E-state index in [0.29, 0.717) is 17.5 Å². The molecule has 0 spiro atoms. The summed E-state index contributed by atoms with van der Waals surface area (Å²) in [5.74, 6) is 1.98. The van der Waals surface area contributed by atoms with Crippen LogP contribution in [-0.2, 0) is 0 Å². The van der Waals surface area contributed by atoms with Gasteiger partial charge in [0.2, 0.25) is 0 Å². The van der Waals surface area contributed by atoms with Gasteiger partial charge < -0.3 is 0 Å². The Morgan fingerprint density at radius 2 is 0.824 bits per heavy atom. The molecule has 3 nitrogen and oxygen atoms in total. The van der Waals surface area contributed by atoms with Crippen LogP contribution < -0.4 is 0 Å². The van der Waals surface area contributed by atoms with E-state index in [4.69, 9.17) is 15.0 Å². The smallest absolute Gasteiger partial charge is 0.0544 e. The van der Waals surface area contributed by atoms with Gasteiger partial charge in [-0.05, 0) is 0 Å². The van der Waals surface area contributed by atoms with E-state index in [9.17, 15) is 0 Å². The number of hydrogen-bond donors (Lipinski definition) is 0. The third-order valence-electron chi connectivity index (χ3n) is 9.71. The van der Waals surface area contributed by atoms with E-state index < -0.39 is 0 Å². The minimum Gasteiger partial charge on any atom is -0.0617 e. The fourth-order valence-electron chi connectivity index (χ4n) is 7.18. The summed E-state index contributed by atoms with van der Waals surface area (Å²) in [6, 6.07) is 62.4. The maximum absolute atomic E-state index is 5.19. The molecule has 0 aliphatic rings. The van der Waals surface area contributed by atoms with Crippen LogP contribution in [0.25, 0.3) is 97.3 Å². The Labute approximate surface area is 301 Å². The Morgan fingerprint density at radius 3 is 1.53 bits per heavy atom. The van der Waals surface area contributed by atoms with Crippen LogP contribution in [0.5, 0.6) is 0 Å². The molecule has 51 heavy (non-hydrogen) atoms. The van der Waals surface area contributed by atoms with Gasteiger partial charge in [-0.3, -0.25) is 0 Å². The average Bonchev–Trinajstić information content (AvgIpc) is 3.60. The summed E-state index contributed by atoms with van der Waals surface area (Å²) in [6.45, 7) is 0. The minimum absolute atomic E-state index is 0.109. The van der Waals surface area contributed by atoms with Crippen LogP contribution in [-0.4, -0.2) is 29.5 Å². The summed E-state index contributed by atoms with van der Waals surface area (Å²) in [6.07, 6.45) is 0. The summed E-state index contributed by atoms with van der Waals surface area (Å²) in [4.78, 5) is 15.4. The standard InChI is InChI=1S/C47H29N3Se/c1-4-12-30(13-5-1)31-20-24-36(25-21-31)46-48-45(35-17-8-3-9-18-35)49-47(50-46)37-28-40(32-14-6-2-7-15-32)43-41(29-37)39-27-26-34-23-22-33-16-10-11-19-38(33)42(34)44(39)51-43/h1-29H. The zero-order valence-corrected chi connectivity index (χ0v) is 29.2. The van der Waals surface area contributed by atoms with Gasteiger partial charge in [-0.2, -0.15) is 0 Å². The van der Waals surface area contributed by atoms with Crippen molar-refractivity contribution in [2.75, 3.05) is 0 Å². The van der Waals surface area contributed by atoms with Crippen molar-refractivity contribution in [2.24, 2.45) is 0 Å². The summed E-state index contributed by atoms with van der Waals surface area (Å²) in [7, 11) is 0. The largest absolute Gasteiger partial charge is 0.0617 e. The molecule has 0 bridgehead atoms. The number of aromatic nitrogens is 3. The van der Waals surface area contributed by atoms with Crippen molar-refractivity contribution in [3.05, 3.63) is 176 Å². The van der Waals surface area contributed by atoms with Gasteiger partial charge in [-0.1, -0.05) is 30.3 Å². The van der Waals surface area contributed by atoms with Gasteiger partial charge >= 0.3 is 272 Å². The van der Waals surface area contributed by atoms with Crippen LogP contribution in [0.1, 0.15) is 0 Å². The molecular formula is C47H29N3Se. The number of nitrogens with zero attached hydrogens (tertiary/aromatic N) is 3. The van der Waals surface area contributed by atoms with E-state index in [2.05, 4.69) is 152 Å². The first-order valence-corrected chi connectivity index (χ1v) is 18.8. The van der Waals surface area contributed by atoms with Crippen LogP contribution >= 0.6 is 0 Å². The van der Waals surface area contributed by atoms with Crippen molar-refractivity contribution >= 4 is 55.3 Å². The molecule has 0 aliphatic heterocycles. The molecule has 238 valence electrons. The van der Waals surface area contributed by atoms with Crippen LogP contribution in [0.4, 0.5) is 0 Å². The first kappa shape index (κ1) is 29.7. The second-order valence-electron chi connectivity index (χ2n) is 12.8. The zero-order valence-electron chi connectivity index (χ0n) is 27.5. The first-order chi connectivity index (χ1) is 25.3. The summed E-state index contributed by atoms with van der Waals surface area (Å²) in [5.41, 5.74) is 7.67. The predicted octanol–water partition coefficient (Wildman–Crippen LogP) is 11.9. The molecule has 0 aliphatic carbocycles. The molecule has 0 saturated heterocycles. The molecule has 0 unspecified atom stereocenters. The Hall–Kier alpha value is -6.19. The number of rotatable bonds is 5. The molecule has 0 radical (unpaired) electrons. The van der Waals surface area contributed by atoms with E-state index >= 15 is 0 Å². The number of hydrogen-bond acceptors (Lipinski definition) is 3. The Morgan fingerprint density at radius 1 is 0.314 bits per heavy atom. The Kier molecular flexibility index (Phi) is 7.16. The maximum Gasteiger partial charge on any atom is -0.0544 e. The third kappa shape index (κ3) is 5.25. The van der Waals surface area contributed by atoms with Gasteiger partial charge in [-0.15, -0.1) is 0 Å². The van der Waals surface area contributed by atoms with Gasteiger partial charge in [0.05, 0.1) is 0 Å². The molecule has 0 saturated carbocycles. The maximum atomic E-state index is 5.19. The van der Waals surface area contributed by atoms with Gasteiger partial charge in [-0.25, -0.2) is 0 Å². The fourth-order valence-corrected chi connectivity index (χ4v) is 10.1. The van der Waals surface area contributed by atoms with Gasteiger partial charge in [0.15, 0.2) is 0 Å². The average molecular weight is 715 g/mol. The normalized spacial score (nSPS) is 11.5. The van der Waals surface area contributed by atoms with Crippen molar-refractivity contribution in [1.29, 1.82) is 0 Å². The van der Waals surface area contributed by atoms with Crippen LogP contribution in [0.2, 0.25) is 0 Å². The second-order valence-corrected chi connectivity index (χ2v) is 15.0. The van der Waals surface area contributed by atoms with E-state index in [-0.39, 0.29) is 14.5 Å². The quantitative estimate of drug-likeness (QED) is 0.132. The fraction of sp³-hybridized carbons (Fsp3) is 0. The SMILES string of the molecule is c1ccc(-c2ccc(-c3nc(-c4ccccc4)nc(-c4cc(-c5ccccc5)c5[se]c6c(ccc7ccc8ccccc8c76)c5c4)n3)cc2)cc1. The molecule has 0 fully saturated rings. The van der Waals surface area contributed by atoms with Crippen molar-refractivity contribution in [3.8, 4) is 56.4 Å². The first-order valence-electron chi connectivity index (χ1n) is 17.1. The number of benzene rings is 8. The monoisotopic (exact) mass is 715 g/mol. The van der Waals surface area contributed by atoms with Crippen molar-refractivity contribution in [1.82, 2.24) is 15.0 Å². The summed E-state index contributed by atoms with van der Waals surface area (Å²) >= 11 is 0.109. The van der Waals surface area contributed by atoms with E-state index in [1.165, 1.54) is 57.5 Å². The van der Waals surface area contributed by atoms with Crippen LogP contribution in [0.3, 0.4) is 0 Å². The molecule has 8 aromatic carbocycles. The minimum atomic E-state index is 0.109. The second kappa shape index (κ2) is 12.3. The summed E-state index contributed by atoms with van der Waals surface area (Å²) in [5, 5.41) is 7.83.